The maximum Gasteiger partial charge on any atom is 0.337 e. The molecule has 156 valence electrons. The van der Waals surface area contributed by atoms with Crippen LogP contribution in [0, 0.1) is 0 Å². The van der Waals surface area contributed by atoms with E-state index in [-0.39, 0.29) is 10.8 Å². The van der Waals surface area contributed by atoms with Crippen LogP contribution in [0.4, 0.5) is 0 Å². The molecule has 0 amide bonds. The fourth-order valence-electron chi connectivity index (χ4n) is 2.98. The summed E-state index contributed by atoms with van der Waals surface area (Å²) in [4.78, 5) is 11.5. The minimum atomic E-state index is -1.54. The highest BCUT2D eigenvalue weighted by atomic mass is 35.5. The lowest BCUT2D eigenvalue weighted by Crippen LogP contribution is -2.60. The Morgan fingerprint density at radius 1 is 1.03 bits per heavy atom. The van der Waals surface area contributed by atoms with Gasteiger partial charge in [0.25, 0.3) is 0 Å². The second-order valence-electron chi connectivity index (χ2n) is 6.53. The Morgan fingerprint density at radius 3 is 2.28 bits per heavy atom. The van der Waals surface area contributed by atoms with E-state index in [2.05, 4.69) is 4.74 Å². The van der Waals surface area contributed by atoms with Crippen molar-refractivity contribution in [1.82, 2.24) is 0 Å². The highest BCUT2D eigenvalue weighted by Crippen LogP contribution is 2.33. The van der Waals surface area contributed by atoms with Gasteiger partial charge in [-0.1, -0.05) is 29.8 Å². The fraction of sp³-hybridized carbons (Fsp3) is 0.350. The normalized spacial score (nSPS) is 26.8. The first kappa shape index (κ1) is 21.5. The number of carbonyl (C=O) groups excluding carboxylic acids is 1. The molecule has 4 N–H and O–H groups in total. The smallest absolute Gasteiger partial charge is 0.337 e. The number of benzene rings is 2. The highest BCUT2D eigenvalue weighted by Gasteiger charge is 2.44. The van der Waals surface area contributed by atoms with E-state index >= 15 is 0 Å². The molecule has 0 bridgehead atoms. The Morgan fingerprint density at radius 2 is 1.69 bits per heavy atom. The molecule has 8 nitrogen and oxygen atoms in total. The second kappa shape index (κ2) is 9.08. The third-order valence-corrected chi connectivity index (χ3v) is 4.96. The molecule has 1 fully saturated rings. The van der Waals surface area contributed by atoms with Crippen LogP contribution in [-0.2, 0) is 9.47 Å². The number of aliphatic hydroxyl groups excluding tert-OH is 4. The van der Waals surface area contributed by atoms with Crippen molar-refractivity contribution in [3.05, 3.63) is 53.1 Å². The number of halogens is 1. The van der Waals surface area contributed by atoms with Crippen molar-refractivity contribution >= 4 is 17.6 Å². The third-order valence-electron chi connectivity index (χ3n) is 4.66. The van der Waals surface area contributed by atoms with E-state index < -0.39 is 43.3 Å². The van der Waals surface area contributed by atoms with Gasteiger partial charge in [0.1, 0.15) is 30.2 Å². The Bertz CT molecular complexity index is 854. The molecule has 2 aromatic rings. The predicted octanol–water partition coefficient (Wildman–Crippen LogP) is 0.972. The molecule has 0 saturated carbocycles. The molecule has 1 aliphatic heterocycles. The van der Waals surface area contributed by atoms with E-state index in [1.165, 1.54) is 7.11 Å². The van der Waals surface area contributed by atoms with Crippen LogP contribution in [0.2, 0.25) is 5.02 Å². The van der Waals surface area contributed by atoms with Crippen LogP contribution < -0.4 is 4.74 Å². The van der Waals surface area contributed by atoms with Crippen LogP contribution in [0.5, 0.6) is 5.75 Å². The average molecular weight is 425 g/mol. The second-order valence-corrected chi connectivity index (χ2v) is 6.94. The zero-order valence-corrected chi connectivity index (χ0v) is 16.2. The van der Waals surface area contributed by atoms with Gasteiger partial charge in [-0.15, -0.1) is 0 Å². The fourth-order valence-corrected chi connectivity index (χ4v) is 3.21. The van der Waals surface area contributed by atoms with E-state index in [1.807, 2.05) is 0 Å². The lowest BCUT2D eigenvalue weighted by Gasteiger charge is -2.39. The minimum Gasteiger partial charge on any atom is -0.465 e. The summed E-state index contributed by atoms with van der Waals surface area (Å²) in [7, 11) is 1.31. The van der Waals surface area contributed by atoms with E-state index in [4.69, 9.17) is 21.1 Å². The molecule has 1 saturated heterocycles. The summed E-state index contributed by atoms with van der Waals surface area (Å²) in [5.74, 6) is -0.246. The molecule has 0 aliphatic carbocycles. The summed E-state index contributed by atoms with van der Waals surface area (Å²) in [6, 6.07) is 11.7. The number of hydrogen-bond donors (Lipinski definition) is 4. The van der Waals surface area contributed by atoms with Crippen LogP contribution in [-0.4, -0.2) is 70.8 Å². The number of esters is 1. The van der Waals surface area contributed by atoms with Gasteiger partial charge in [0.05, 0.1) is 24.3 Å². The van der Waals surface area contributed by atoms with Crippen molar-refractivity contribution in [2.24, 2.45) is 0 Å². The van der Waals surface area contributed by atoms with Crippen LogP contribution in [0.3, 0.4) is 0 Å². The zero-order chi connectivity index (χ0) is 21.1. The van der Waals surface area contributed by atoms with Gasteiger partial charge in [-0.25, -0.2) is 4.79 Å². The topological polar surface area (TPSA) is 126 Å². The molecule has 1 aliphatic rings. The largest absolute Gasteiger partial charge is 0.465 e. The van der Waals surface area contributed by atoms with Crippen molar-refractivity contribution in [2.75, 3.05) is 13.7 Å². The molecule has 5 atom stereocenters. The molecule has 29 heavy (non-hydrogen) atoms. The summed E-state index contributed by atoms with van der Waals surface area (Å²) in [6.07, 6.45) is -6.95. The van der Waals surface area contributed by atoms with Crippen LogP contribution in [0.1, 0.15) is 10.4 Å². The summed E-state index contributed by atoms with van der Waals surface area (Å²) in [5.41, 5.74) is 1.98. The summed E-state index contributed by atoms with van der Waals surface area (Å²) >= 11 is 6.29. The number of aliphatic hydroxyl groups is 4. The zero-order valence-electron chi connectivity index (χ0n) is 15.4. The maximum atomic E-state index is 11.5. The Kier molecular flexibility index (Phi) is 6.74. The molecule has 3 rings (SSSR count). The maximum absolute atomic E-state index is 11.5. The molecule has 2 aromatic carbocycles. The molecule has 1 heterocycles. The lowest BCUT2D eigenvalue weighted by atomic mass is 9.99. The third kappa shape index (κ3) is 4.53. The van der Waals surface area contributed by atoms with E-state index in [9.17, 15) is 25.2 Å². The SMILES string of the molecule is COC(=O)c1ccc(-c2ccc(O[C@H]3OC(CO)[C@@H](O)[C@H](O)C3O)c(Cl)c2)cc1. The molecule has 0 spiro atoms. The Hall–Kier alpha value is -2.20. The van der Waals surface area contributed by atoms with Crippen LogP contribution in [0.15, 0.2) is 42.5 Å². The van der Waals surface area contributed by atoms with Crippen LogP contribution in [0.25, 0.3) is 11.1 Å². The number of ether oxygens (including phenoxy) is 3. The quantitative estimate of drug-likeness (QED) is 0.523. The molecule has 2 unspecified atom stereocenters. The van der Waals surface area contributed by atoms with Gasteiger partial charge in [0.2, 0.25) is 6.29 Å². The minimum absolute atomic E-state index is 0.186. The molecule has 9 heteroatoms. The van der Waals surface area contributed by atoms with Gasteiger partial charge in [-0.2, -0.15) is 0 Å². The molecule has 0 radical (unpaired) electrons. The number of methoxy groups -OCH3 is 1. The number of carbonyl (C=O) groups is 1. The number of hydrogen-bond acceptors (Lipinski definition) is 8. The first-order valence-corrected chi connectivity index (χ1v) is 9.19. The van der Waals surface area contributed by atoms with Gasteiger partial charge in [-0.3, -0.25) is 0 Å². The Labute approximate surface area is 171 Å². The van der Waals surface area contributed by atoms with Crippen molar-refractivity contribution in [2.45, 2.75) is 30.7 Å². The van der Waals surface area contributed by atoms with Gasteiger partial charge in [0, 0.05) is 0 Å². The molecule has 0 aromatic heterocycles. The van der Waals surface area contributed by atoms with Gasteiger partial charge < -0.3 is 34.6 Å². The first-order valence-electron chi connectivity index (χ1n) is 8.81. The Balaban J connectivity index is 1.77. The lowest BCUT2D eigenvalue weighted by molar-refractivity contribution is -0.277. The predicted molar refractivity (Wildman–Crippen MR) is 103 cm³/mol. The standard InChI is InChI=1S/C20H21ClO8/c1-27-19(26)11-4-2-10(3-5-11)12-6-7-14(13(21)8-12)28-20-18(25)17(24)16(23)15(9-22)29-20/h2-8,15-18,20,22-25H,9H2,1H3/t15?,16-,17+,18?,20+/m1/s1. The van der Waals surface area contributed by atoms with E-state index in [0.29, 0.717) is 5.56 Å². The van der Waals surface area contributed by atoms with Gasteiger partial charge in [0.15, 0.2) is 0 Å². The van der Waals surface area contributed by atoms with E-state index in [0.717, 1.165) is 11.1 Å². The van der Waals surface area contributed by atoms with Crippen molar-refractivity contribution in [3.8, 4) is 16.9 Å². The first-order chi connectivity index (χ1) is 13.8. The summed E-state index contributed by atoms with van der Waals surface area (Å²) in [5, 5.41) is 39.2. The van der Waals surface area contributed by atoms with Crippen LogP contribution >= 0.6 is 11.6 Å². The summed E-state index contributed by atoms with van der Waals surface area (Å²) < 4.78 is 15.5. The molecular weight excluding hydrogens is 404 g/mol. The van der Waals surface area contributed by atoms with Crippen molar-refractivity contribution in [3.63, 3.8) is 0 Å². The van der Waals surface area contributed by atoms with Gasteiger partial charge in [-0.05, 0) is 35.4 Å². The van der Waals surface area contributed by atoms with Crippen molar-refractivity contribution < 1.29 is 39.4 Å². The highest BCUT2D eigenvalue weighted by molar-refractivity contribution is 6.32. The van der Waals surface area contributed by atoms with Gasteiger partial charge >= 0.3 is 5.97 Å². The summed E-state index contributed by atoms with van der Waals surface area (Å²) in [6.45, 7) is -0.557. The number of rotatable bonds is 5. The average Bonchev–Trinajstić information content (AvgIpc) is 2.74. The molecular formula is C20H21ClO8. The van der Waals surface area contributed by atoms with Crippen molar-refractivity contribution in [1.29, 1.82) is 0 Å². The monoisotopic (exact) mass is 424 g/mol. The van der Waals surface area contributed by atoms with E-state index in [1.54, 1.807) is 42.5 Å².